The minimum atomic E-state index is -3.76. The van der Waals surface area contributed by atoms with Gasteiger partial charge in [-0.15, -0.1) is 0 Å². The second-order valence-corrected chi connectivity index (χ2v) is 8.23. The summed E-state index contributed by atoms with van der Waals surface area (Å²) in [6.07, 6.45) is 0.512. The smallest absolute Gasteiger partial charge is 0.383 e. The number of hydrogen-bond acceptors (Lipinski definition) is 8. The molecule has 2 fully saturated rings. The van der Waals surface area contributed by atoms with Gasteiger partial charge in [-0.2, -0.15) is 0 Å². The van der Waals surface area contributed by atoms with Gasteiger partial charge in [0.05, 0.1) is 13.2 Å². The predicted molar refractivity (Wildman–Crippen MR) is 89.7 cm³/mol. The number of rotatable bonds is 5. The Bertz CT molecular complexity index is 792. The summed E-state index contributed by atoms with van der Waals surface area (Å²) in [5.74, 6) is 0. The molecule has 2 unspecified atom stereocenters. The van der Waals surface area contributed by atoms with Crippen LogP contribution in [-0.4, -0.2) is 45.7 Å². The van der Waals surface area contributed by atoms with Gasteiger partial charge in [0, 0.05) is 12.3 Å². The Morgan fingerprint density at radius 1 is 1.60 bits per heavy atom. The Balaban J connectivity index is 1.83. The van der Waals surface area contributed by atoms with E-state index in [1.165, 1.54) is 23.8 Å². The average molecular weight is 392 g/mol. The van der Waals surface area contributed by atoms with Crippen molar-refractivity contribution in [3.05, 3.63) is 27.4 Å². The monoisotopic (exact) mass is 392 g/mol. The van der Waals surface area contributed by atoms with Crippen LogP contribution in [0.4, 0.5) is 0 Å². The first kappa shape index (κ1) is 18.9. The van der Waals surface area contributed by atoms with Crippen molar-refractivity contribution in [3.8, 4) is 0 Å². The standard InChI is InChI=1S/C14H21N2O7PS/c1-3-4-7-20-24(19)21-8-9-11(23-24)14(2,18)12(22-9)16-6-5-10(17)15-13(16)25/h5-6,9,11-12,18H,3-4,7-8H2,1-2H3,(H,15,17,25)/t9-,11?,12-,14-,24?/m1/s1. The molecule has 1 aromatic heterocycles. The van der Waals surface area contributed by atoms with E-state index in [9.17, 15) is 14.5 Å². The molecule has 0 spiro atoms. The topological polar surface area (TPSA) is 112 Å². The van der Waals surface area contributed by atoms with Crippen molar-refractivity contribution >= 4 is 20.0 Å². The maximum absolute atomic E-state index is 12.6. The molecular formula is C14H21N2O7PS. The zero-order chi connectivity index (χ0) is 18.2. The fourth-order valence-corrected chi connectivity index (χ4v) is 4.64. The lowest BCUT2D eigenvalue weighted by Crippen LogP contribution is -2.47. The van der Waals surface area contributed by atoms with Gasteiger partial charge in [-0.25, -0.2) is 4.57 Å². The van der Waals surface area contributed by atoms with Crippen LogP contribution in [-0.2, 0) is 22.9 Å². The lowest BCUT2D eigenvalue weighted by molar-refractivity contribution is -0.0934. The molecule has 0 radical (unpaired) electrons. The predicted octanol–water partition coefficient (Wildman–Crippen LogP) is 1.89. The minimum absolute atomic E-state index is 0.0443. The normalized spacial score (nSPS) is 37.8. The van der Waals surface area contributed by atoms with E-state index in [1.807, 2.05) is 6.92 Å². The highest BCUT2D eigenvalue weighted by molar-refractivity contribution is 7.71. The third-order valence-corrected chi connectivity index (χ3v) is 5.97. The lowest BCUT2D eigenvalue weighted by atomic mass is 9.96. The second kappa shape index (κ2) is 7.03. The molecule has 11 heteroatoms. The van der Waals surface area contributed by atoms with Crippen LogP contribution >= 0.6 is 20.0 Å². The highest BCUT2D eigenvalue weighted by Gasteiger charge is 2.60. The van der Waals surface area contributed by atoms with E-state index in [0.29, 0.717) is 6.42 Å². The van der Waals surface area contributed by atoms with Crippen LogP contribution in [0.5, 0.6) is 0 Å². The molecule has 3 heterocycles. The molecule has 1 aromatic rings. The highest BCUT2D eigenvalue weighted by atomic mass is 32.1. The van der Waals surface area contributed by atoms with Crippen molar-refractivity contribution in [2.24, 2.45) is 0 Å². The van der Waals surface area contributed by atoms with Gasteiger partial charge in [0.25, 0.3) is 5.56 Å². The van der Waals surface area contributed by atoms with Crippen molar-refractivity contribution in [2.75, 3.05) is 13.2 Å². The molecule has 0 saturated carbocycles. The minimum Gasteiger partial charge on any atom is -0.383 e. The number of H-pyrrole nitrogens is 1. The van der Waals surface area contributed by atoms with Crippen molar-refractivity contribution in [3.63, 3.8) is 0 Å². The fraction of sp³-hybridized carbons (Fsp3) is 0.714. The van der Waals surface area contributed by atoms with Crippen LogP contribution in [0.15, 0.2) is 17.1 Å². The SMILES string of the molecule is CCCCOP1(=O)OC[C@H]2O[C@@H](n3ccc(=O)[nH]c3=S)[C@](C)(O)C2O1. The summed E-state index contributed by atoms with van der Waals surface area (Å²) in [7, 11) is -3.76. The van der Waals surface area contributed by atoms with Crippen LogP contribution in [0.2, 0.25) is 0 Å². The number of hydrogen-bond donors (Lipinski definition) is 2. The zero-order valence-corrected chi connectivity index (χ0v) is 15.6. The van der Waals surface area contributed by atoms with Crippen LogP contribution in [0.25, 0.3) is 0 Å². The third kappa shape index (κ3) is 3.66. The zero-order valence-electron chi connectivity index (χ0n) is 13.9. The number of aromatic amines is 1. The summed E-state index contributed by atoms with van der Waals surface area (Å²) in [4.78, 5) is 13.8. The molecule has 5 atom stereocenters. The summed E-state index contributed by atoms with van der Waals surface area (Å²) in [6.45, 7) is 3.67. The van der Waals surface area contributed by atoms with Crippen LogP contribution < -0.4 is 5.56 Å². The number of ether oxygens (including phenoxy) is 1. The number of fused-ring (bicyclic) bond motifs is 1. The van der Waals surface area contributed by atoms with Crippen molar-refractivity contribution in [2.45, 2.75) is 50.7 Å². The molecule has 2 aliphatic rings. The van der Waals surface area contributed by atoms with E-state index in [0.717, 1.165) is 6.42 Å². The van der Waals surface area contributed by atoms with E-state index >= 15 is 0 Å². The third-order valence-electron chi connectivity index (χ3n) is 4.21. The summed E-state index contributed by atoms with van der Waals surface area (Å²) < 4.78 is 35.9. The highest BCUT2D eigenvalue weighted by Crippen LogP contribution is 2.58. The van der Waals surface area contributed by atoms with E-state index < -0.39 is 31.9 Å². The first-order chi connectivity index (χ1) is 11.8. The fourth-order valence-electron chi connectivity index (χ4n) is 2.87. The number of nitrogens with one attached hydrogen (secondary N) is 1. The summed E-state index contributed by atoms with van der Waals surface area (Å²) in [5, 5.41) is 11.0. The first-order valence-corrected chi connectivity index (χ1v) is 9.90. The molecule has 0 aliphatic carbocycles. The maximum atomic E-state index is 12.6. The molecule has 140 valence electrons. The largest absolute Gasteiger partial charge is 0.475 e. The molecule has 3 rings (SSSR count). The number of unbranched alkanes of at least 4 members (excludes halogenated alkanes) is 1. The molecule has 0 bridgehead atoms. The van der Waals surface area contributed by atoms with Crippen LogP contribution in [0, 0.1) is 4.77 Å². The molecular weight excluding hydrogens is 371 g/mol. The molecule has 2 N–H and O–H groups in total. The van der Waals surface area contributed by atoms with Crippen molar-refractivity contribution in [1.29, 1.82) is 0 Å². The van der Waals surface area contributed by atoms with E-state index in [1.54, 1.807) is 0 Å². The number of phosphoric acid groups is 1. The van der Waals surface area contributed by atoms with E-state index in [-0.39, 0.29) is 23.5 Å². The van der Waals surface area contributed by atoms with Gasteiger partial charge >= 0.3 is 7.82 Å². The van der Waals surface area contributed by atoms with E-state index in [4.69, 9.17) is 30.5 Å². The number of aliphatic hydroxyl groups is 1. The Kier molecular flexibility index (Phi) is 5.32. The number of aromatic nitrogens is 2. The van der Waals surface area contributed by atoms with Gasteiger partial charge in [0.1, 0.15) is 17.8 Å². The quantitative estimate of drug-likeness (QED) is 0.444. The van der Waals surface area contributed by atoms with Gasteiger partial charge in [-0.3, -0.25) is 27.9 Å². The van der Waals surface area contributed by atoms with Crippen molar-refractivity contribution in [1.82, 2.24) is 9.55 Å². The molecule has 2 saturated heterocycles. The van der Waals surface area contributed by atoms with Gasteiger partial charge in [0.2, 0.25) is 0 Å². The Morgan fingerprint density at radius 2 is 2.36 bits per heavy atom. The molecule has 2 aliphatic heterocycles. The molecule has 9 nitrogen and oxygen atoms in total. The van der Waals surface area contributed by atoms with Gasteiger partial charge in [-0.05, 0) is 25.6 Å². The van der Waals surface area contributed by atoms with Crippen LogP contribution in [0.3, 0.4) is 0 Å². The number of phosphoric ester groups is 1. The second-order valence-electron chi connectivity index (χ2n) is 6.23. The van der Waals surface area contributed by atoms with Gasteiger partial charge in [0.15, 0.2) is 11.0 Å². The Labute approximate surface area is 149 Å². The van der Waals surface area contributed by atoms with Gasteiger partial charge < -0.3 is 9.84 Å². The molecule has 25 heavy (non-hydrogen) atoms. The number of nitrogens with zero attached hydrogens (tertiary/aromatic N) is 1. The summed E-state index contributed by atoms with van der Waals surface area (Å²) >= 11 is 5.12. The maximum Gasteiger partial charge on any atom is 0.475 e. The van der Waals surface area contributed by atoms with E-state index in [2.05, 4.69) is 4.98 Å². The average Bonchev–Trinajstić information content (AvgIpc) is 2.79. The van der Waals surface area contributed by atoms with Gasteiger partial charge in [-0.1, -0.05) is 13.3 Å². The summed E-state index contributed by atoms with van der Waals surface area (Å²) in [5.41, 5.74) is -1.92. The summed E-state index contributed by atoms with van der Waals surface area (Å²) in [6, 6.07) is 1.27. The Hall–Kier alpha value is -0.870. The lowest BCUT2D eigenvalue weighted by Gasteiger charge is -2.35. The molecule has 0 amide bonds. The van der Waals surface area contributed by atoms with Crippen molar-refractivity contribution < 1.29 is 28.0 Å². The van der Waals surface area contributed by atoms with Crippen LogP contribution in [0.1, 0.15) is 32.9 Å². The Morgan fingerprint density at radius 3 is 3.04 bits per heavy atom. The molecule has 0 aromatic carbocycles. The first-order valence-electron chi connectivity index (χ1n) is 8.03.